The van der Waals surface area contributed by atoms with E-state index in [1.54, 1.807) is 6.07 Å². The van der Waals surface area contributed by atoms with Gasteiger partial charge in [0.05, 0.1) is 11.9 Å². The lowest BCUT2D eigenvalue weighted by atomic mass is 9.89. The maximum Gasteiger partial charge on any atom is 0.373 e. The first-order valence-corrected chi connectivity index (χ1v) is 10.7. The van der Waals surface area contributed by atoms with Gasteiger partial charge in [-0.3, -0.25) is 4.72 Å². The molecule has 0 aromatic heterocycles. The van der Waals surface area contributed by atoms with Crippen LogP contribution in [0.15, 0.2) is 36.4 Å². The van der Waals surface area contributed by atoms with Crippen LogP contribution < -0.4 is 4.72 Å². The van der Waals surface area contributed by atoms with E-state index < -0.39 is 10.0 Å². The van der Waals surface area contributed by atoms with Crippen LogP contribution in [0.2, 0.25) is 0 Å². The third-order valence-corrected chi connectivity index (χ3v) is 5.45. The number of phenols is 1. The average Bonchev–Trinajstić information content (AvgIpc) is 2.61. The SMILES string of the molecule is Cc1ccc2c(-c3c(NS(C)(=O)=O)cc(C)c(C)c3C)c(O)ccc2c1.O=C=O. The van der Waals surface area contributed by atoms with Crippen LogP contribution in [-0.4, -0.2) is 25.9 Å². The molecule has 3 aromatic rings. The van der Waals surface area contributed by atoms with Crippen LogP contribution in [0.25, 0.3) is 21.9 Å². The van der Waals surface area contributed by atoms with Crippen LogP contribution in [0, 0.1) is 27.7 Å². The summed E-state index contributed by atoms with van der Waals surface area (Å²) < 4.78 is 26.4. The lowest BCUT2D eigenvalue weighted by Gasteiger charge is -2.20. The Kier molecular flexibility index (Phi) is 6.47. The van der Waals surface area contributed by atoms with Crippen molar-refractivity contribution in [2.45, 2.75) is 27.7 Å². The Morgan fingerprint density at radius 3 is 2.10 bits per heavy atom. The second kappa shape index (κ2) is 8.47. The number of hydrogen-bond acceptors (Lipinski definition) is 5. The van der Waals surface area contributed by atoms with E-state index in [9.17, 15) is 13.5 Å². The molecular weight excluding hydrogens is 390 g/mol. The third-order valence-electron chi connectivity index (χ3n) is 4.86. The number of nitrogens with one attached hydrogen (secondary N) is 1. The Morgan fingerprint density at radius 2 is 1.52 bits per heavy atom. The fourth-order valence-corrected chi connectivity index (χ4v) is 3.95. The summed E-state index contributed by atoms with van der Waals surface area (Å²) in [4.78, 5) is 16.2. The molecule has 3 rings (SSSR count). The van der Waals surface area contributed by atoms with E-state index in [0.29, 0.717) is 16.8 Å². The zero-order valence-corrected chi connectivity index (χ0v) is 17.8. The predicted octanol–water partition coefficient (Wildman–Crippen LogP) is 4.23. The third kappa shape index (κ3) is 4.83. The molecule has 6 nitrogen and oxygen atoms in total. The van der Waals surface area contributed by atoms with Gasteiger partial charge in [-0.25, -0.2) is 8.42 Å². The van der Waals surface area contributed by atoms with Crippen LogP contribution >= 0.6 is 0 Å². The minimum Gasteiger partial charge on any atom is -0.507 e. The van der Waals surface area contributed by atoms with Gasteiger partial charge in [-0.05, 0) is 67.3 Å². The fourth-order valence-electron chi connectivity index (χ4n) is 3.39. The molecule has 29 heavy (non-hydrogen) atoms. The lowest BCUT2D eigenvalue weighted by molar-refractivity contribution is -0.191. The van der Waals surface area contributed by atoms with Crippen molar-refractivity contribution in [3.05, 3.63) is 58.7 Å². The van der Waals surface area contributed by atoms with E-state index in [2.05, 4.69) is 10.8 Å². The topological polar surface area (TPSA) is 101 Å². The average molecular weight is 413 g/mol. The van der Waals surface area contributed by atoms with Gasteiger partial charge >= 0.3 is 6.15 Å². The summed E-state index contributed by atoms with van der Waals surface area (Å²) in [5.74, 6) is 0.129. The Morgan fingerprint density at radius 1 is 0.897 bits per heavy atom. The van der Waals surface area contributed by atoms with Gasteiger partial charge in [0, 0.05) is 11.1 Å². The lowest BCUT2D eigenvalue weighted by Crippen LogP contribution is -2.12. The van der Waals surface area contributed by atoms with Gasteiger partial charge in [0.25, 0.3) is 0 Å². The molecule has 0 saturated heterocycles. The van der Waals surface area contributed by atoms with Crippen molar-refractivity contribution in [3.63, 3.8) is 0 Å². The summed E-state index contributed by atoms with van der Waals surface area (Å²) in [6.07, 6.45) is 1.38. The number of phenolic OH excluding ortho intramolecular Hbond substituents is 1. The Hall–Kier alpha value is -3.15. The van der Waals surface area contributed by atoms with E-state index in [-0.39, 0.29) is 11.9 Å². The highest BCUT2D eigenvalue weighted by molar-refractivity contribution is 7.92. The number of sulfonamides is 1. The molecule has 0 heterocycles. The molecule has 0 spiro atoms. The smallest absolute Gasteiger partial charge is 0.373 e. The van der Waals surface area contributed by atoms with Crippen molar-refractivity contribution in [3.8, 4) is 16.9 Å². The molecule has 0 unspecified atom stereocenters. The molecule has 0 saturated carbocycles. The van der Waals surface area contributed by atoms with E-state index in [1.165, 1.54) is 0 Å². The van der Waals surface area contributed by atoms with Crippen LogP contribution in [0.5, 0.6) is 5.75 Å². The summed E-state index contributed by atoms with van der Waals surface area (Å²) in [7, 11) is -3.46. The van der Waals surface area contributed by atoms with Crippen molar-refractivity contribution >= 4 is 32.6 Å². The number of benzene rings is 3. The van der Waals surface area contributed by atoms with Gasteiger partial charge in [-0.15, -0.1) is 0 Å². The maximum atomic E-state index is 11.9. The van der Waals surface area contributed by atoms with E-state index in [4.69, 9.17) is 9.59 Å². The van der Waals surface area contributed by atoms with Crippen molar-refractivity contribution in [1.82, 2.24) is 0 Å². The molecule has 152 valence electrons. The number of carbonyl (C=O) groups excluding carboxylic acids is 2. The number of aromatic hydroxyl groups is 1. The minimum absolute atomic E-state index is 0.129. The predicted molar refractivity (Wildman–Crippen MR) is 113 cm³/mol. The van der Waals surface area contributed by atoms with E-state index in [0.717, 1.165) is 39.3 Å². The first-order chi connectivity index (χ1) is 13.5. The summed E-state index contributed by atoms with van der Waals surface area (Å²) >= 11 is 0. The highest BCUT2D eigenvalue weighted by atomic mass is 32.2. The van der Waals surface area contributed by atoms with Crippen molar-refractivity contribution in [1.29, 1.82) is 0 Å². The standard InChI is InChI=1S/C21H23NO3S.CO2/c1-12-6-8-17-16(10-12)7-9-19(23)21(17)20-15(4)14(3)13(2)11-18(20)22-26(5,24)25;2-1-3/h6-11,22-23H,1-5H3;. The normalized spacial score (nSPS) is 10.8. The Balaban J connectivity index is 0.000000941. The van der Waals surface area contributed by atoms with Crippen LogP contribution in [0.3, 0.4) is 0 Å². The first-order valence-electron chi connectivity index (χ1n) is 8.80. The van der Waals surface area contributed by atoms with Gasteiger partial charge in [-0.2, -0.15) is 9.59 Å². The zero-order chi connectivity index (χ0) is 21.9. The number of hydrogen-bond donors (Lipinski definition) is 2. The monoisotopic (exact) mass is 413 g/mol. The highest BCUT2D eigenvalue weighted by Gasteiger charge is 2.20. The number of aryl methyl sites for hydroxylation is 2. The van der Waals surface area contributed by atoms with E-state index >= 15 is 0 Å². The molecule has 3 aromatic carbocycles. The minimum atomic E-state index is -3.46. The molecule has 0 amide bonds. The van der Waals surface area contributed by atoms with Crippen molar-refractivity contribution in [2.75, 3.05) is 11.0 Å². The molecule has 2 N–H and O–H groups in total. The largest absolute Gasteiger partial charge is 0.507 e. The number of anilines is 1. The van der Waals surface area contributed by atoms with E-state index in [1.807, 2.05) is 52.0 Å². The zero-order valence-electron chi connectivity index (χ0n) is 17.0. The molecule has 0 radical (unpaired) electrons. The van der Waals surface area contributed by atoms with Crippen molar-refractivity contribution in [2.24, 2.45) is 0 Å². The Bertz CT molecular complexity index is 1220. The molecule has 0 aliphatic heterocycles. The van der Waals surface area contributed by atoms with Gasteiger partial charge in [0.1, 0.15) is 5.75 Å². The maximum absolute atomic E-state index is 11.9. The van der Waals surface area contributed by atoms with Crippen LogP contribution in [-0.2, 0) is 19.6 Å². The van der Waals surface area contributed by atoms with Crippen LogP contribution in [0.4, 0.5) is 5.69 Å². The second-order valence-electron chi connectivity index (χ2n) is 7.01. The number of rotatable bonds is 3. The molecule has 0 bridgehead atoms. The quantitative estimate of drug-likeness (QED) is 0.669. The van der Waals surface area contributed by atoms with Gasteiger partial charge < -0.3 is 5.11 Å². The molecule has 0 atom stereocenters. The van der Waals surface area contributed by atoms with Gasteiger partial charge in [0.2, 0.25) is 10.0 Å². The van der Waals surface area contributed by atoms with Gasteiger partial charge in [0.15, 0.2) is 0 Å². The highest BCUT2D eigenvalue weighted by Crippen LogP contribution is 2.43. The molecular formula is C22H23NO5S. The first kappa shape index (κ1) is 22.1. The molecule has 0 aliphatic rings. The summed E-state index contributed by atoms with van der Waals surface area (Å²) in [6, 6.07) is 11.4. The summed E-state index contributed by atoms with van der Waals surface area (Å²) in [5, 5.41) is 12.5. The Labute approximate surface area is 170 Å². The summed E-state index contributed by atoms with van der Waals surface area (Å²) in [6.45, 7) is 7.93. The van der Waals surface area contributed by atoms with Crippen LogP contribution in [0.1, 0.15) is 22.3 Å². The van der Waals surface area contributed by atoms with Crippen molar-refractivity contribution < 1.29 is 23.1 Å². The second-order valence-corrected chi connectivity index (χ2v) is 8.76. The van der Waals surface area contributed by atoms with Gasteiger partial charge in [-0.1, -0.05) is 29.8 Å². The molecule has 0 aliphatic carbocycles. The molecule has 0 fully saturated rings. The summed E-state index contributed by atoms with van der Waals surface area (Å²) in [5.41, 5.74) is 5.98. The molecule has 7 heteroatoms. The fraction of sp³-hybridized carbons (Fsp3) is 0.227. The number of fused-ring (bicyclic) bond motifs is 1.